The number of nitrogens with one attached hydrogen (secondary N) is 1. The molecule has 20 heavy (non-hydrogen) atoms. The average molecular weight is 266 g/mol. The Morgan fingerprint density at radius 3 is 2.10 bits per heavy atom. The molecule has 102 valence electrons. The monoisotopic (exact) mass is 266 g/mol. The zero-order chi connectivity index (χ0) is 13.9. The van der Waals surface area contributed by atoms with E-state index in [9.17, 15) is 4.79 Å². The number of carbonyl (C=O) groups is 1. The van der Waals surface area contributed by atoms with E-state index < -0.39 is 0 Å². The van der Waals surface area contributed by atoms with Crippen molar-refractivity contribution in [2.75, 3.05) is 0 Å². The predicted octanol–water partition coefficient (Wildman–Crippen LogP) is 3.23. The van der Waals surface area contributed by atoms with Crippen molar-refractivity contribution in [3.63, 3.8) is 0 Å². The Bertz CT molecular complexity index is 582. The number of hydrogen-bond donors (Lipinski definition) is 1. The van der Waals surface area contributed by atoms with E-state index in [1.807, 2.05) is 36.4 Å². The molecule has 0 aromatic heterocycles. The summed E-state index contributed by atoms with van der Waals surface area (Å²) in [5.74, 6) is 0.0530. The summed E-state index contributed by atoms with van der Waals surface area (Å²) in [7, 11) is 0. The second-order valence-corrected chi connectivity index (χ2v) is 5.14. The highest BCUT2D eigenvalue weighted by atomic mass is 16.2. The third-order valence-electron chi connectivity index (χ3n) is 3.79. The molecule has 1 N–H and O–H groups in total. The summed E-state index contributed by atoms with van der Waals surface area (Å²) in [6.45, 7) is 1.61. The van der Waals surface area contributed by atoms with Crippen molar-refractivity contribution < 1.29 is 4.79 Å². The summed E-state index contributed by atoms with van der Waals surface area (Å²) in [5.41, 5.74) is 5.73. The number of hydrogen-bond acceptors (Lipinski definition) is 2. The summed E-state index contributed by atoms with van der Waals surface area (Å²) < 4.78 is 0. The van der Waals surface area contributed by atoms with Crippen LogP contribution >= 0.6 is 0 Å². The average Bonchev–Trinajstić information content (AvgIpc) is 2.94. The van der Waals surface area contributed by atoms with E-state index in [0.29, 0.717) is 0 Å². The van der Waals surface area contributed by atoms with Crippen LogP contribution in [-0.4, -0.2) is 10.9 Å². The predicted molar refractivity (Wildman–Crippen MR) is 78.6 cm³/mol. The van der Waals surface area contributed by atoms with Crippen LogP contribution in [0, 0.1) is 0 Å². The first-order valence-corrected chi connectivity index (χ1v) is 6.91. The fourth-order valence-corrected chi connectivity index (χ4v) is 2.81. The zero-order valence-electron chi connectivity index (χ0n) is 11.5. The van der Waals surface area contributed by atoms with Gasteiger partial charge in [0, 0.05) is 6.92 Å². The molecule has 0 radical (unpaired) electrons. The molecule has 3 heteroatoms. The molecule has 0 bridgehead atoms. The fraction of sp³-hybridized carbons (Fsp3) is 0.235. The first-order chi connectivity index (χ1) is 9.75. The summed E-state index contributed by atoms with van der Waals surface area (Å²) >= 11 is 0. The van der Waals surface area contributed by atoms with Crippen LogP contribution in [0.15, 0.2) is 60.7 Å². The van der Waals surface area contributed by atoms with E-state index in [1.54, 1.807) is 11.9 Å². The molecule has 0 spiro atoms. The Morgan fingerprint density at radius 1 is 1.00 bits per heavy atom. The first-order valence-electron chi connectivity index (χ1n) is 6.91. The van der Waals surface area contributed by atoms with Crippen LogP contribution in [0.4, 0.5) is 0 Å². The highest BCUT2D eigenvalue weighted by Gasteiger charge is 2.34. The topological polar surface area (TPSA) is 32.3 Å². The van der Waals surface area contributed by atoms with Crippen molar-refractivity contribution in [2.45, 2.75) is 25.4 Å². The van der Waals surface area contributed by atoms with Crippen LogP contribution in [0.3, 0.4) is 0 Å². The van der Waals surface area contributed by atoms with E-state index >= 15 is 0 Å². The van der Waals surface area contributed by atoms with Crippen LogP contribution in [-0.2, 0) is 4.79 Å². The smallest absolute Gasteiger partial charge is 0.234 e. The molecule has 1 saturated heterocycles. The number of benzene rings is 2. The second kappa shape index (κ2) is 5.47. The quantitative estimate of drug-likeness (QED) is 0.905. The molecule has 2 aromatic rings. The lowest BCUT2D eigenvalue weighted by atomic mass is 9.97. The molecule has 2 aromatic carbocycles. The lowest BCUT2D eigenvalue weighted by Gasteiger charge is -2.23. The van der Waals surface area contributed by atoms with Gasteiger partial charge >= 0.3 is 0 Å². The van der Waals surface area contributed by atoms with E-state index in [2.05, 4.69) is 29.7 Å². The highest BCUT2D eigenvalue weighted by Crippen LogP contribution is 2.36. The maximum atomic E-state index is 11.9. The SMILES string of the molecule is CC(=O)N1N[C@@H](c2ccccc2)C[C@@H]1c1ccccc1. The van der Waals surface area contributed by atoms with E-state index in [1.165, 1.54) is 11.1 Å². The molecule has 1 amide bonds. The Labute approximate surface area is 119 Å². The maximum absolute atomic E-state index is 11.9. The molecule has 1 heterocycles. The molecule has 0 unspecified atom stereocenters. The van der Waals surface area contributed by atoms with Crippen molar-refractivity contribution in [3.05, 3.63) is 71.8 Å². The van der Waals surface area contributed by atoms with E-state index in [-0.39, 0.29) is 18.0 Å². The number of rotatable bonds is 2. The molecule has 3 rings (SSSR count). The van der Waals surface area contributed by atoms with Crippen LogP contribution in [0.5, 0.6) is 0 Å². The van der Waals surface area contributed by atoms with Gasteiger partial charge in [0.25, 0.3) is 0 Å². The van der Waals surface area contributed by atoms with Gasteiger partial charge in [-0.05, 0) is 17.5 Å². The molecule has 0 saturated carbocycles. The minimum absolute atomic E-state index is 0.0530. The lowest BCUT2D eigenvalue weighted by Crippen LogP contribution is -2.37. The van der Waals surface area contributed by atoms with Crippen molar-refractivity contribution in [2.24, 2.45) is 0 Å². The fourth-order valence-electron chi connectivity index (χ4n) is 2.81. The molecule has 3 nitrogen and oxygen atoms in total. The molecular formula is C17H18N2O. The van der Waals surface area contributed by atoms with Crippen molar-refractivity contribution in [3.8, 4) is 0 Å². The van der Waals surface area contributed by atoms with E-state index in [4.69, 9.17) is 0 Å². The summed E-state index contributed by atoms with van der Waals surface area (Å²) in [5, 5.41) is 1.76. The number of nitrogens with zero attached hydrogens (tertiary/aromatic N) is 1. The van der Waals surface area contributed by atoms with Gasteiger partial charge in [-0.2, -0.15) is 0 Å². The number of carbonyl (C=O) groups excluding carboxylic acids is 1. The van der Waals surface area contributed by atoms with Gasteiger partial charge in [-0.1, -0.05) is 60.7 Å². The second-order valence-electron chi connectivity index (χ2n) is 5.14. The summed E-state index contributed by atoms with van der Waals surface area (Å²) in [6.07, 6.45) is 0.896. The molecule has 0 aliphatic carbocycles. The molecule has 1 fully saturated rings. The van der Waals surface area contributed by atoms with Crippen LogP contribution in [0.25, 0.3) is 0 Å². The first kappa shape index (κ1) is 12.9. The standard InChI is InChI=1S/C17H18N2O/c1-13(20)19-17(15-10-6-3-7-11-15)12-16(18-19)14-8-4-2-5-9-14/h2-11,16-18H,12H2,1H3/t16-,17-/m1/s1. The minimum atomic E-state index is 0.0530. The van der Waals surface area contributed by atoms with Gasteiger partial charge in [0.15, 0.2) is 0 Å². The Balaban J connectivity index is 1.89. The van der Waals surface area contributed by atoms with Gasteiger partial charge in [0.2, 0.25) is 5.91 Å². The van der Waals surface area contributed by atoms with E-state index in [0.717, 1.165) is 6.42 Å². The highest BCUT2D eigenvalue weighted by molar-refractivity contribution is 5.73. The third-order valence-corrected chi connectivity index (χ3v) is 3.79. The van der Waals surface area contributed by atoms with Crippen molar-refractivity contribution in [1.29, 1.82) is 0 Å². The Kier molecular flexibility index (Phi) is 3.52. The Morgan fingerprint density at radius 2 is 1.55 bits per heavy atom. The molecular weight excluding hydrogens is 248 g/mol. The van der Waals surface area contributed by atoms with Crippen LogP contribution in [0.2, 0.25) is 0 Å². The minimum Gasteiger partial charge on any atom is -0.274 e. The van der Waals surface area contributed by atoms with Crippen LogP contribution < -0.4 is 5.43 Å². The largest absolute Gasteiger partial charge is 0.274 e. The van der Waals surface area contributed by atoms with Gasteiger partial charge in [-0.25, -0.2) is 5.43 Å². The number of amides is 1. The van der Waals surface area contributed by atoms with Crippen LogP contribution in [0.1, 0.15) is 36.6 Å². The normalized spacial score (nSPS) is 21.9. The summed E-state index contributed by atoms with van der Waals surface area (Å²) in [6, 6.07) is 20.7. The van der Waals surface area contributed by atoms with Gasteiger partial charge in [0.1, 0.15) is 0 Å². The third kappa shape index (κ3) is 2.45. The van der Waals surface area contributed by atoms with Gasteiger partial charge < -0.3 is 0 Å². The lowest BCUT2D eigenvalue weighted by molar-refractivity contribution is -0.132. The molecule has 1 aliphatic heterocycles. The van der Waals surface area contributed by atoms with Crippen molar-refractivity contribution in [1.82, 2.24) is 10.4 Å². The maximum Gasteiger partial charge on any atom is 0.234 e. The van der Waals surface area contributed by atoms with Gasteiger partial charge in [0.05, 0.1) is 12.1 Å². The van der Waals surface area contributed by atoms with Crippen molar-refractivity contribution >= 4 is 5.91 Å². The number of hydrazine groups is 1. The zero-order valence-corrected chi connectivity index (χ0v) is 11.5. The van der Waals surface area contributed by atoms with Gasteiger partial charge in [-0.3, -0.25) is 9.80 Å². The van der Waals surface area contributed by atoms with Gasteiger partial charge in [-0.15, -0.1) is 0 Å². The molecule has 2 atom stereocenters. The summed E-state index contributed by atoms with van der Waals surface area (Å²) in [4.78, 5) is 11.9. The Hall–Kier alpha value is -2.13. The molecule has 1 aliphatic rings.